The topological polar surface area (TPSA) is 40.5 Å². The molecule has 0 aromatic heterocycles. The van der Waals surface area contributed by atoms with E-state index >= 15 is 0 Å². The summed E-state index contributed by atoms with van der Waals surface area (Å²) in [5, 5.41) is 25.3. The molecule has 0 saturated heterocycles. The van der Waals surface area contributed by atoms with Crippen LogP contribution in [-0.2, 0) is 33.7 Å². The minimum atomic E-state index is -1.74. The quantitative estimate of drug-likeness (QED) is 0.0610. The molecule has 0 aliphatic heterocycles. The molecule has 17 rings (SSSR count). The monoisotopic (exact) mass is 1940 g/mol. The van der Waals surface area contributed by atoms with Crippen LogP contribution in [0.3, 0.4) is 0 Å². The molecule has 0 spiro atoms. The SMILES string of the molecule is Brc1cccc2c1C=CC2.C[Si](C)(C)c1ccc(-c2cccc3c2C=CC3)cc1.C[Si](C)(C)c1ccc(-c2cccc3c2C=CC3[Si](C)(C)C2C=CC=C2)cc1.C[Si](C)(C)c1ccc(-c2cccc3c2C=CC3[Si](C)(C)Cl)cc1.C[Si](C)(C)c1ccc(B(O)O)cc1.C[Si](C)(C)c1ccc(C2CCCC3C(CC4CCCC4)CCC23)cc1.[CH3-].[CH3-].[Cl][Zr+2][Cl]. The Bertz CT molecular complexity index is 5080. The van der Waals surface area contributed by atoms with Gasteiger partial charge in [0.15, 0.2) is 7.38 Å². The van der Waals surface area contributed by atoms with Crippen molar-refractivity contribution in [2.75, 3.05) is 0 Å². The Labute approximate surface area is 779 Å². The van der Waals surface area contributed by atoms with Gasteiger partial charge in [-0.3, -0.25) is 0 Å². The molecule has 15 heteroatoms. The minimum absolute atomic E-state index is 0. The third-order valence-electron chi connectivity index (χ3n) is 26.8. The number of fused-ring (bicyclic) bond motifs is 5. The fraction of sp³-hybridized carbons (Fsp3) is 0.364. The Morgan fingerprint density at radius 1 is 0.393 bits per heavy atom. The summed E-state index contributed by atoms with van der Waals surface area (Å²) in [6.45, 7) is 45.3. The normalized spacial score (nSPS) is 18.9. The predicted molar refractivity (Wildman–Crippen MR) is 567 cm³/mol. The van der Waals surface area contributed by atoms with E-state index in [0.717, 1.165) is 42.4 Å². The van der Waals surface area contributed by atoms with Crippen molar-refractivity contribution in [2.45, 2.75) is 224 Å². The van der Waals surface area contributed by atoms with E-state index in [0.29, 0.717) is 22.1 Å². The summed E-state index contributed by atoms with van der Waals surface area (Å²) >= 11 is 9.40. The van der Waals surface area contributed by atoms with Crippen molar-refractivity contribution in [2.24, 2.45) is 23.7 Å². The first-order valence-corrected chi connectivity index (χ1v) is 76.4. The average molecular weight is 1940 g/mol. The van der Waals surface area contributed by atoms with Crippen LogP contribution in [0.2, 0.25) is 130 Å². The van der Waals surface area contributed by atoms with E-state index in [-0.39, 0.29) is 14.9 Å². The number of hydrogen-bond acceptors (Lipinski definition) is 2. The fourth-order valence-corrected chi connectivity index (χ4v) is 31.3. The van der Waals surface area contributed by atoms with E-state index in [1.165, 1.54) is 161 Å². The van der Waals surface area contributed by atoms with E-state index in [1.807, 2.05) is 12.1 Å². The van der Waals surface area contributed by atoms with Crippen LogP contribution in [0.25, 0.3) is 57.7 Å². The Kier molecular flexibility index (Phi) is 36.4. The van der Waals surface area contributed by atoms with Gasteiger partial charge in [0.05, 0.1) is 48.4 Å². The van der Waals surface area contributed by atoms with Gasteiger partial charge in [0.25, 0.3) is 0 Å². The predicted octanol–water partition coefficient (Wildman–Crippen LogP) is 29.1. The van der Waals surface area contributed by atoms with Crippen LogP contribution in [0.5, 0.6) is 0 Å². The second kappa shape index (κ2) is 44.0. The van der Waals surface area contributed by atoms with Crippen molar-refractivity contribution in [1.29, 1.82) is 0 Å². The van der Waals surface area contributed by atoms with Crippen molar-refractivity contribution < 1.29 is 30.9 Å². The maximum atomic E-state index is 8.88. The summed E-state index contributed by atoms with van der Waals surface area (Å²) in [5.41, 5.74) is 23.3. The van der Waals surface area contributed by atoms with Crippen molar-refractivity contribution in [3.8, 4) is 33.4 Å². The standard InChI is InChI=1S/C25H30Si2.C24H38Si.C20H25ClSi2.C18H20Si.C9H15BO2Si.C9H7Br.2CH3.2ClH.Zr/c1-26(2,3)20-15-13-19(14-16-20)22-11-8-12-24-23(22)17-18-25(24)27(4,5)21-9-6-7-10-21;1-25(2,3)21-14-11-19(12-15-21)22-9-6-10-23-20(13-16-24(22)23)17-18-7-4-5-8-18;1-22(2,3)16-11-9-15(10-12-16)17-7-6-8-19-18(17)13-14-20(19)23(4,5)21;1-19(2,3)16-12-10-15(11-13-16)18-9-5-7-14-6-4-8-17(14)18;1-13(2,3)9-6-4-8(5-7-9)10(11)12;10-9-6-2-4-7-3-1-5-8(7)9;;;;;/h6-18,21,25H,1-5H3;11-12,14-15,18,20,22-24H,4-10,13,16-17H2,1-3H3;6-14,20H,1-5H3;4-5,7-13H,6H2,1-3H3;4-7,11-12H,1-3H3;1-2,4-6H,3H2;2*1H3;2*1H;/q;;;;;;2*-1;;;+4/p-2. The molecule has 9 aromatic carbocycles. The first kappa shape index (κ1) is 101. The van der Waals surface area contributed by atoms with Gasteiger partial charge in [-0.2, -0.15) is 11.1 Å². The molecule has 0 heterocycles. The maximum absolute atomic E-state index is 8.88. The molecule has 6 unspecified atom stereocenters. The van der Waals surface area contributed by atoms with E-state index < -0.39 is 83.8 Å². The summed E-state index contributed by atoms with van der Waals surface area (Å²) in [6.07, 6.45) is 44.9. The molecule has 8 aliphatic carbocycles. The van der Waals surface area contributed by atoms with Crippen molar-refractivity contribution >= 4 is 163 Å². The molecule has 9 aromatic rings. The van der Waals surface area contributed by atoms with Crippen LogP contribution >= 0.6 is 44.0 Å². The zero-order valence-electron chi connectivity index (χ0n) is 77.5. The van der Waals surface area contributed by atoms with E-state index in [1.54, 1.807) is 29.3 Å². The average Bonchev–Trinajstić information content (AvgIpc) is 1.62. The molecule has 8 aliphatic rings. The summed E-state index contributed by atoms with van der Waals surface area (Å²) in [6, 6.07) is 71.8. The van der Waals surface area contributed by atoms with Gasteiger partial charge in [0, 0.05) is 10.0 Å². The van der Waals surface area contributed by atoms with Gasteiger partial charge in [-0.05, 0) is 181 Å². The van der Waals surface area contributed by atoms with Crippen LogP contribution in [0.4, 0.5) is 0 Å². The number of benzene rings is 9. The Morgan fingerprint density at radius 3 is 1.20 bits per heavy atom. The molecular weight excluding hydrogens is 1800 g/mol. The van der Waals surface area contributed by atoms with Crippen molar-refractivity contribution in [1.82, 2.24) is 0 Å². The molecule has 6 atom stereocenters. The summed E-state index contributed by atoms with van der Waals surface area (Å²) < 4.78 is 1.21. The fourth-order valence-electron chi connectivity index (χ4n) is 19.5. The Hall–Kier alpha value is -4.84. The summed E-state index contributed by atoms with van der Waals surface area (Å²) in [4.78, 5) is 0. The van der Waals surface area contributed by atoms with Crippen molar-refractivity contribution in [3.05, 3.63) is 312 Å². The van der Waals surface area contributed by atoms with Crippen LogP contribution in [0.15, 0.2) is 247 Å². The molecule has 0 radical (unpaired) electrons. The molecule has 0 amide bonds. The van der Waals surface area contributed by atoms with Crippen LogP contribution in [0.1, 0.15) is 131 Å². The van der Waals surface area contributed by atoms with E-state index in [2.05, 4.69) is 383 Å². The summed E-state index contributed by atoms with van der Waals surface area (Å²) in [7, 11) is -0.826. The van der Waals surface area contributed by atoms with Crippen LogP contribution < -0.4 is 31.4 Å². The van der Waals surface area contributed by atoms with Gasteiger partial charge in [0.1, 0.15) is 0 Å². The zero-order valence-corrected chi connectivity index (χ0v) is 90.8. The molecule has 3 fully saturated rings. The number of halogens is 4. The third kappa shape index (κ3) is 26.0. The van der Waals surface area contributed by atoms with Gasteiger partial charge in [-0.25, -0.2) is 0 Å². The van der Waals surface area contributed by atoms with E-state index in [4.69, 9.17) is 38.2 Å². The van der Waals surface area contributed by atoms with Crippen LogP contribution in [-0.4, -0.2) is 73.0 Å². The van der Waals surface area contributed by atoms with Gasteiger partial charge < -0.3 is 24.9 Å². The van der Waals surface area contributed by atoms with E-state index in [9.17, 15) is 0 Å². The summed E-state index contributed by atoms with van der Waals surface area (Å²) in [5.74, 6) is 5.06. The Balaban J connectivity index is 0.000000168. The van der Waals surface area contributed by atoms with Gasteiger partial charge in [0.2, 0.25) is 0 Å². The number of allylic oxidation sites excluding steroid dienone is 8. The second-order valence-corrected chi connectivity index (χ2v) is 82.7. The first-order chi connectivity index (χ1) is 56.7. The number of rotatable bonds is 15. The number of hydrogen-bond donors (Lipinski definition) is 2. The molecule has 0 bridgehead atoms. The molecular formula is C107H141BBrCl3O2Si7Zr. The molecule has 2 N–H and O–H groups in total. The zero-order chi connectivity index (χ0) is 86.7. The molecule has 3 saturated carbocycles. The molecule has 122 heavy (non-hydrogen) atoms. The molecule has 2 nitrogen and oxygen atoms in total. The molecule has 644 valence electrons. The van der Waals surface area contributed by atoms with Gasteiger partial charge in [-0.1, -0.05) is 459 Å². The third-order valence-corrected chi connectivity index (χ3v) is 44.7. The van der Waals surface area contributed by atoms with Gasteiger partial charge in [-0.15, -0.1) is 0 Å². The van der Waals surface area contributed by atoms with Crippen molar-refractivity contribution in [3.63, 3.8) is 0 Å². The second-order valence-electron chi connectivity index (χ2n) is 41.1. The van der Waals surface area contributed by atoms with Gasteiger partial charge >= 0.3 is 45.0 Å². The Morgan fingerprint density at radius 2 is 0.779 bits per heavy atom. The van der Waals surface area contributed by atoms with Crippen LogP contribution in [0, 0.1) is 38.5 Å². The first-order valence-electron chi connectivity index (χ1n) is 44.5.